The zero-order chi connectivity index (χ0) is 42.1. The summed E-state index contributed by atoms with van der Waals surface area (Å²) < 4.78 is 4.98. The van der Waals surface area contributed by atoms with Gasteiger partial charge in [-0.1, -0.05) is 122 Å². The van der Waals surface area contributed by atoms with Gasteiger partial charge in [0.15, 0.2) is 0 Å². The highest BCUT2D eigenvalue weighted by molar-refractivity contribution is 6.11. The van der Waals surface area contributed by atoms with E-state index < -0.39 is 0 Å². The molecule has 1 fully saturated rings. The van der Waals surface area contributed by atoms with E-state index in [1.54, 1.807) is 0 Å². The van der Waals surface area contributed by atoms with Gasteiger partial charge < -0.3 is 9.13 Å². The molecule has 6 heteroatoms. The Morgan fingerprint density at radius 2 is 1.35 bits per heavy atom. The Hall–Kier alpha value is -5.97. The van der Waals surface area contributed by atoms with Gasteiger partial charge in [-0.2, -0.15) is 5.26 Å². The van der Waals surface area contributed by atoms with Gasteiger partial charge in [0.2, 0.25) is 0 Å². The quantitative estimate of drug-likeness (QED) is 0.160. The van der Waals surface area contributed by atoms with Gasteiger partial charge in [0.25, 0.3) is 0 Å². The predicted molar refractivity (Wildman–Crippen MR) is 257 cm³/mol. The molecule has 1 saturated heterocycles. The number of allylic oxidation sites excluding steroid dienone is 10. The molecule has 310 valence electrons. The Balaban J connectivity index is 1.08. The third-order valence-electron chi connectivity index (χ3n) is 14.4. The van der Waals surface area contributed by atoms with Crippen LogP contribution >= 0.6 is 0 Å². The Morgan fingerprint density at radius 1 is 0.677 bits per heavy atom. The van der Waals surface area contributed by atoms with Crippen molar-refractivity contribution in [1.29, 1.82) is 5.26 Å². The van der Waals surface area contributed by atoms with Gasteiger partial charge in [0.05, 0.1) is 46.9 Å². The van der Waals surface area contributed by atoms with Crippen LogP contribution < -0.4 is 16.0 Å². The monoisotopic (exact) mass is 812 g/mol. The van der Waals surface area contributed by atoms with Crippen LogP contribution in [-0.4, -0.2) is 27.6 Å². The molecule has 1 aliphatic heterocycles. The summed E-state index contributed by atoms with van der Waals surface area (Å²) >= 11 is 0. The lowest BCUT2D eigenvalue weighted by molar-refractivity contribution is 0.160. The van der Waals surface area contributed by atoms with Crippen molar-refractivity contribution in [2.75, 3.05) is 0 Å². The number of fused-ring (bicyclic) bond motifs is 6. The average molecular weight is 813 g/mol. The van der Waals surface area contributed by atoms with E-state index >= 15 is 0 Å². The Kier molecular flexibility index (Phi) is 9.88. The molecule has 6 nitrogen and oxygen atoms in total. The van der Waals surface area contributed by atoms with Crippen LogP contribution in [0.15, 0.2) is 139 Å². The molecule has 62 heavy (non-hydrogen) atoms. The Morgan fingerprint density at radius 3 is 1.97 bits per heavy atom. The fourth-order valence-electron chi connectivity index (χ4n) is 11.2. The maximum absolute atomic E-state index is 11.3. The molecule has 0 amide bonds. The standard InChI is InChI=1S/C56H56N6/c1-34-15-23-48-43(27-34)44-28-35(2)16-24-49(44)61(48)52-32-53(62-50-25-17-36(3)29-45(50)46-30-37(4)18-26-51(46)62)47(31-42(52)33-57)56-59-54(40-13-9-6-10-14-40)58-55(60-56)41-21-19-39(20-22-41)38-11-7-5-8-12-38/h5-13,15-19,21-28,32,36-37,39-40,47,54-56,58-60H,14,20,29-31H2,1-4H3. The van der Waals surface area contributed by atoms with E-state index in [0.29, 0.717) is 24.2 Å². The fraction of sp³-hybridized carbons (Fsp3) is 0.304. The average Bonchev–Trinajstić information content (AvgIpc) is 3.79. The number of nitrogens with zero attached hydrogens (tertiary/aromatic N) is 3. The van der Waals surface area contributed by atoms with Crippen LogP contribution in [0.4, 0.5) is 0 Å². The summed E-state index contributed by atoms with van der Waals surface area (Å²) in [7, 11) is 0. The summed E-state index contributed by atoms with van der Waals surface area (Å²) in [5.74, 6) is 1.54. The minimum absolute atomic E-state index is 0.0172. The van der Waals surface area contributed by atoms with Crippen molar-refractivity contribution in [3.05, 3.63) is 178 Å². The molecule has 3 N–H and O–H groups in total. The second kappa shape index (κ2) is 15.7. The summed E-state index contributed by atoms with van der Waals surface area (Å²) in [5.41, 5.74) is 15.9. The first kappa shape index (κ1) is 38.9. The zero-order valence-electron chi connectivity index (χ0n) is 36.3. The first-order valence-electron chi connectivity index (χ1n) is 22.9. The van der Waals surface area contributed by atoms with E-state index in [0.717, 1.165) is 48.0 Å². The lowest BCUT2D eigenvalue weighted by atomic mass is 9.84. The largest absolute Gasteiger partial charge is 0.313 e. The van der Waals surface area contributed by atoms with Crippen molar-refractivity contribution >= 4 is 45.4 Å². The van der Waals surface area contributed by atoms with Crippen LogP contribution in [-0.2, 0) is 12.8 Å². The van der Waals surface area contributed by atoms with Crippen LogP contribution in [0.3, 0.4) is 0 Å². The van der Waals surface area contributed by atoms with Gasteiger partial charge in [-0.05, 0) is 123 Å². The van der Waals surface area contributed by atoms with Crippen LogP contribution in [0.25, 0.3) is 45.4 Å². The lowest BCUT2D eigenvalue weighted by Gasteiger charge is -2.46. The minimum Gasteiger partial charge on any atom is -0.313 e. The maximum Gasteiger partial charge on any atom is 0.0969 e. The molecule has 0 radical (unpaired) electrons. The van der Waals surface area contributed by atoms with Crippen LogP contribution in [0.2, 0.25) is 0 Å². The first-order chi connectivity index (χ1) is 30.3. The van der Waals surface area contributed by atoms with E-state index in [9.17, 15) is 5.26 Å². The molecule has 3 aromatic carbocycles. The van der Waals surface area contributed by atoms with Gasteiger partial charge >= 0.3 is 0 Å². The predicted octanol–water partition coefficient (Wildman–Crippen LogP) is 11.5. The summed E-state index contributed by atoms with van der Waals surface area (Å²) in [6, 6.07) is 27.2. The number of rotatable bonds is 6. The molecular formula is C56H56N6. The highest BCUT2D eigenvalue weighted by Crippen LogP contribution is 2.46. The molecule has 0 saturated carbocycles. The van der Waals surface area contributed by atoms with E-state index in [-0.39, 0.29) is 30.3 Å². The Bertz CT molecular complexity index is 2810. The SMILES string of the molecule is Cc1ccc2c(c1)c1cc(C)ccc1n2C1=C(C#N)CC(C2NC(C3=CCC(c4ccccc4)C=C3)NC(C3C=CC=CC3)N2)C(n2c3c(c4c2C=CC(C)C4)CC(C)C=C3)=C1. The van der Waals surface area contributed by atoms with E-state index in [1.165, 1.54) is 61.2 Å². The van der Waals surface area contributed by atoms with Crippen molar-refractivity contribution < 1.29 is 0 Å². The second-order valence-electron chi connectivity index (χ2n) is 18.8. The molecule has 2 aromatic heterocycles. The molecule has 0 spiro atoms. The minimum atomic E-state index is -0.141. The third-order valence-corrected chi connectivity index (χ3v) is 14.4. The van der Waals surface area contributed by atoms with Crippen molar-refractivity contribution in [2.24, 2.45) is 23.7 Å². The maximum atomic E-state index is 11.3. The van der Waals surface area contributed by atoms with Crippen molar-refractivity contribution in [1.82, 2.24) is 25.1 Å². The van der Waals surface area contributed by atoms with E-state index in [1.807, 2.05) is 0 Å². The van der Waals surface area contributed by atoms with Gasteiger partial charge in [0, 0.05) is 45.6 Å². The molecular weight excluding hydrogens is 757 g/mol. The van der Waals surface area contributed by atoms with Crippen molar-refractivity contribution in [2.45, 2.75) is 84.2 Å². The summed E-state index contributed by atoms with van der Waals surface area (Å²) in [6.07, 6.45) is 32.5. The topological polar surface area (TPSA) is 69.7 Å². The van der Waals surface area contributed by atoms with Crippen molar-refractivity contribution in [3.63, 3.8) is 0 Å². The summed E-state index contributed by atoms with van der Waals surface area (Å²) in [5, 5.41) is 26.1. The van der Waals surface area contributed by atoms with Gasteiger partial charge in [0.1, 0.15) is 0 Å². The molecule has 11 rings (SSSR count). The summed E-state index contributed by atoms with van der Waals surface area (Å²) in [4.78, 5) is 0. The number of aromatic nitrogens is 2. The fourth-order valence-corrected chi connectivity index (χ4v) is 11.2. The molecule has 5 aliphatic carbocycles. The number of nitrogens with one attached hydrogen (secondary N) is 3. The summed E-state index contributed by atoms with van der Waals surface area (Å²) in [6.45, 7) is 9.02. The number of nitriles is 1. The van der Waals surface area contributed by atoms with E-state index in [2.05, 4.69) is 198 Å². The molecule has 8 atom stereocenters. The number of aryl methyl sites for hydroxylation is 2. The molecule has 0 bridgehead atoms. The normalized spacial score (nSPS) is 27.9. The second-order valence-corrected chi connectivity index (χ2v) is 18.8. The zero-order valence-corrected chi connectivity index (χ0v) is 36.3. The lowest BCUT2D eigenvalue weighted by Crippen LogP contribution is -2.71. The number of hydrogen-bond acceptors (Lipinski definition) is 4. The molecule has 6 aliphatic rings. The van der Waals surface area contributed by atoms with Gasteiger partial charge in [-0.3, -0.25) is 16.0 Å². The van der Waals surface area contributed by atoms with Gasteiger partial charge in [-0.15, -0.1) is 0 Å². The van der Waals surface area contributed by atoms with Crippen molar-refractivity contribution in [3.8, 4) is 6.07 Å². The molecule has 8 unspecified atom stereocenters. The molecule has 3 heterocycles. The van der Waals surface area contributed by atoms with E-state index in [4.69, 9.17) is 0 Å². The van der Waals surface area contributed by atoms with Crippen LogP contribution in [0.1, 0.15) is 78.2 Å². The van der Waals surface area contributed by atoms with Gasteiger partial charge in [-0.25, -0.2) is 0 Å². The Labute approximate surface area is 366 Å². The third kappa shape index (κ3) is 6.75. The van der Waals surface area contributed by atoms with Crippen LogP contribution in [0, 0.1) is 48.9 Å². The number of benzene rings is 3. The van der Waals surface area contributed by atoms with Crippen LogP contribution in [0.5, 0.6) is 0 Å². The highest BCUT2D eigenvalue weighted by atomic mass is 15.4. The first-order valence-corrected chi connectivity index (χ1v) is 22.9. The smallest absolute Gasteiger partial charge is 0.0969 e. The number of hydrogen-bond donors (Lipinski definition) is 3. The molecule has 5 aromatic rings. The highest BCUT2D eigenvalue weighted by Gasteiger charge is 2.42.